The summed E-state index contributed by atoms with van der Waals surface area (Å²) in [6, 6.07) is -0.375. The van der Waals surface area contributed by atoms with Gasteiger partial charge < -0.3 is 4.74 Å². The fourth-order valence-corrected chi connectivity index (χ4v) is 2.25. The first kappa shape index (κ1) is 14.0. The van der Waals surface area contributed by atoms with Crippen LogP contribution >= 0.6 is 17.6 Å². The minimum absolute atomic E-state index is 0.256. The molecule has 14 heavy (non-hydrogen) atoms. The quantitative estimate of drug-likeness (QED) is 0.440. The highest BCUT2D eigenvalue weighted by molar-refractivity contribution is 7.94. The van der Waals surface area contributed by atoms with Crippen LogP contribution < -0.4 is 5.09 Å². The van der Waals surface area contributed by atoms with E-state index in [1.807, 2.05) is 6.92 Å². The summed E-state index contributed by atoms with van der Waals surface area (Å²) in [5.74, 6) is -0.256. The summed E-state index contributed by atoms with van der Waals surface area (Å²) in [7, 11) is 0. The molecule has 0 aliphatic carbocycles. The van der Waals surface area contributed by atoms with Crippen LogP contribution in [0.4, 0.5) is 0 Å². The van der Waals surface area contributed by atoms with Gasteiger partial charge in [0.25, 0.3) is 0 Å². The molecule has 1 unspecified atom stereocenters. The van der Waals surface area contributed by atoms with E-state index >= 15 is 0 Å². The van der Waals surface area contributed by atoms with Gasteiger partial charge in [0, 0.05) is 6.39 Å². The van der Waals surface area contributed by atoms with Gasteiger partial charge in [-0.25, -0.2) is 0 Å². The number of unbranched alkanes of at least 4 members (excludes halogenated alkanes) is 1. The molecule has 0 aromatic carbocycles. The van der Waals surface area contributed by atoms with Crippen LogP contribution in [0.1, 0.15) is 26.7 Å². The second-order valence-corrected chi connectivity index (χ2v) is 8.08. The molecule has 0 heterocycles. The molecular formula is C9H19ClNO2P. The van der Waals surface area contributed by atoms with Crippen LogP contribution in [0.2, 0.25) is 0 Å². The number of rotatable bonds is 6. The SMILES string of the molecule is C=P(C)(Cl)N[C@@H](C)C(=O)OCCCC. The third-order valence-corrected chi connectivity index (χ3v) is 2.78. The van der Waals surface area contributed by atoms with Crippen molar-refractivity contribution in [2.45, 2.75) is 32.7 Å². The lowest BCUT2D eigenvalue weighted by molar-refractivity contribution is -0.145. The number of esters is 1. The molecule has 0 aliphatic rings. The predicted molar refractivity (Wildman–Crippen MR) is 64.3 cm³/mol. The third-order valence-electron chi connectivity index (χ3n) is 1.56. The Morgan fingerprint density at radius 1 is 1.71 bits per heavy atom. The topological polar surface area (TPSA) is 38.3 Å². The van der Waals surface area contributed by atoms with Crippen LogP contribution in [-0.4, -0.2) is 31.6 Å². The average molecular weight is 240 g/mol. The number of carbonyl (C=O) groups excluding carboxylic acids is 1. The summed E-state index contributed by atoms with van der Waals surface area (Å²) in [4.78, 5) is 11.3. The monoisotopic (exact) mass is 239 g/mol. The number of ether oxygens (including phenoxy) is 1. The normalized spacial score (nSPS) is 17.1. The Morgan fingerprint density at radius 2 is 2.29 bits per heavy atom. The van der Waals surface area contributed by atoms with Gasteiger partial charge in [-0.15, -0.1) is 0 Å². The summed E-state index contributed by atoms with van der Waals surface area (Å²) in [5, 5.41) is 2.94. The highest BCUT2D eigenvalue weighted by atomic mass is 35.7. The van der Waals surface area contributed by atoms with Crippen molar-refractivity contribution in [2.24, 2.45) is 0 Å². The van der Waals surface area contributed by atoms with Crippen molar-refractivity contribution >= 4 is 29.9 Å². The van der Waals surface area contributed by atoms with E-state index in [4.69, 9.17) is 16.0 Å². The van der Waals surface area contributed by atoms with Gasteiger partial charge in [0.1, 0.15) is 6.04 Å². The largest absolute Gasteiger partial charge is 0.465 e. The van der Waals surface area contributed by atoms with Crippen molar-refractivity contribution in [3.05, 3.63) is 0 Å². The number of hydrogen-bond acceptors (Lipinski definition) is 3. The van der Waals surface area contributed by atoms with Crippen molar-refractivity contribution < 1.29 is 9.53 Å². The maximum atomic E-state index is 11.3. The minimum atomic E-state index is -1.89. The summed E-state index contributed by atoms with van der Waals surface area (Å²) in [5.41, 5.74) is 0. The highest BCUT2D eigenvalue weighted by Gasteiger charge is 2.17. The Balaban J connectivity index is 3.82. The zero-order valence-corrected chi connectivity index (χ0v) is 10.7. The lowest BCUT2D eigenvalue weighted by Crippen LogP contribution is -2.32. The van der Waals surface area contributed by atoms with E-state index in [1.54, 1.807) is 13.6 Å². The van der Waals surface area contributed by atoms with Crippen molar-refractivity contribution in [2.75, 3.05) is 13.3 Å². The van der Waals surface area contributed by atoms with Crippen LogP contribution in [0.15, 0.2) is 0 Å². The number of nitrogens with one attached hydrogen (secondary N) is 1. The zero-order chi connectivity index (χ0) is 11.2. The second-order valence-electron chi connectivity index (χ2n) is 3.44. The Hall–Kier alpha value is 0.0200. The molecule has 0 bridgehead atoms. The van der Waals surface area contributed by atoms with Gasteiger partial charge in [-0.2, -0.15) is 0 Å². The van der Waals surface area contributed by atoms with E-state index in [2.05, 4.69) is 11.4 Å². The Morgan fingerprint density at radius 3 is 2.71 bits per heavy atom. The minimum Gasteiger partial charge on any atom is -0.465 e. The lowest BCUT2D eigenvalue weighted by Gasteiger charge is -2.18. The van der Waals surface area contributed by atoms with Crippen molar-refractivity contribution in [1.82, 2.24) is 5.09 Å². The molecule has 0 fully saturated rings. The second kappa shape index (κ2) is 6.49. The van der Waals surface area contributed by atoms with E-state index in [1.165, 1.54) is 0 Å². The molecule has 3 nitrogen and oxygen atoms in total. The molecule has 0 rings (SSSR count). The predicted octanol–water partition coefficient (Wildman–Crippen LogP) is 2.46. The number of hydrogen-bond donors (Lipinski definition) is 1. The molecule has 0 amide bonds. The fraction of sp³-hybridized carbons (Fsp3) is 0.778. The van der Waals surface area contributed by atoms with Gasteiger partial charge in [-0.3, -0.25) is 9.88 Å². The Kier molecular flexibility index (Phi) is 6.50. The van der Waals surface area contributed by atoms with Crippen molar-refractivity contribution in [3.63, 3.8) is 0 Å². The molecule has 0 aromatic rings. The van der Waals surface area contributed by atoms with E-state index in [9.17, 15) is 4.79 Å². The van der Waals surface area contributed by atoms with Crippen LogP contribution in [0.5, 0.6) is 0 Å². The van der Waals surface area contributed by atoms with Crippen LogP contribution in [0.3, 0.4) is 0 Å². The average Bonchev–Trinajstić information content (AvgIpc) is 2.01. The summed E-state index contributed by atoms with van der Waals surface area (Å²) < 4.78 is 5.02. The molecule has 0 radical (unpaired) electrons. The molecule has 84 valence electrons. The molecule has 0 aromatic heterocycles. The first-order chi connectivity index (χ1) is 6.37. The van der Waals surface area contributed by atoms with Gasteiger partial charge in [-0.05, 0) is 20.0 Å². The van der Waals surface area contributed by atoms with Gasteiger partial charge in [0.15, 0.2) is 0 Å². The molecule has 0 saturated carbocycles. The van der Waals surface area contributed by atoms with Gasteiger partial charge in [0.2, 0.25) is 0 Å². The molecule has 1 N–H and O–H groups in total. The van der Waals surface area contributed by atoms with Gasteiger partial charge in [-0.1, -0.05) is 30.9 Å². The first-order valence-corrected chi connectivity index (χ1v) is 8.04. The maximum Gasteiger partial charge on any atom is 0.323 e. The summed E-state index contributed by atoms with van der Waals surface area (Å²) in [6.07, 6.45) is 3.77. The zero-order valence-electron chi connectivity index (χ0n) is 9.05. The van der Waals surface area contributed by atoms with Crippen molar-refractivity contribution in [3.8, 4) is 0 Å². The van der Waals surface area contributed by atoms with E-state index in [0.29, 0.717) is 6.61 Å². The molecule has 0 aliphatic heterocycles. The first-order valence-electron chi connectivity index (χ1n) is 4.71. The maximum absolute atomic E-state index is 11.3. The van der Waals surface area contributed by atoms with E-state index in [-0.39, 0.29) is 12.0 Å². The molecular weight excluding hydrogens is 221 g/mol. The van der Waals surface area contributed by atoms with E-state index < -0.39 is 6.39 Å². The van der Waals surface area contributed by atoms with Gasteiger partial charge >= 0.3 is 5.97 Å². The Labute approximate surface area is 91.0 Å². The van der Waals surface area contributed by atoms with Crippen molar-refractivity contribution in [1.29, 1.82) is 0 Å². The lowest BCUT2D eigenvalue weighted by atomic mass is 10.3. The van der Waals surface area contributed by atoms with Crippen LogP contribution in [0.25, 0.3) is 0 Å². The third kappa shape index (κ3) is 7.43. The van der Waals surface area contributed by atoms with Crippen LogP contribution in [-0.2, 0) is 9.53 Å². The number of carbonyl (C=O) groups is 1. The standard InChI is InChI=1S/C9H19ClNO2P/c1-5-6-7-13-9(12)8(2)11-14(3,4)10/h8,11H,3,5-7H2,1-2,4H3/t8-,14?/m0/s1. The molecule has 5 heteroatoms. The molecule has 0 saturated heterocycles. The molecule has 0 spiro atoms. The Bertz CT molecular complexity index is 227. The smallest absolute Gasteiger partial charge is 0.323 e. The molecule has 2 atom stereocenters. The number of halogens is 1. The van der Waals surface area contributed by atoms with Crippen LogP contribution in [0, 0.1) is 0 Å². The van der Waals surface area contributed by atoms with Gasteiger partial charge in [0.05, 0.1) is 6.61 Å². The highest BCUT2D eigenvalue weighted by Crippen LogP contribution is 2.41. The summed E-state index contributed by atoms with van der Waals surface area (Å²) >= 11 is 5.91. The summed E-state index contributed by atoms with van der Waals surface area (Å²) in [6.45, 7) is 6.06. The fourth-order valence-electron chi connectivity index (χ4n) is 0.899. The van der Waals surface area contributed by atoms with E-state index in [0.717, 1.165) is 12.8 Å².